The van der Waals surface area contributed by atoms with Crippen LogP contribution in [0.5, 0.6) is 0 Å². The van der Waals surface area contributed by atoms with Crippen molar-refractivity contribution in [2.45, 2.75) is 26.3 Å². The summed E-state index contributed by atoms with van der Waals surface area (Å²) in [6.45, 7) is 12.6. The Kier molecular flexibility index (Phi) is 8.53. The first-order valence-electron chi connectivity index (χ1n) is 6.15. The van der Waals surface area contributed by atoms with Gasteiger partial charge in [-0.15, -0.1) is 0 Å². The number of hydrogen-bond acceptors (Lipinski definition) is 3. The number of rotatable bonds is 9. The van der Waals surface area contributed by atoms with Gasteiger partial charge in [0.2, 0.25) is 0 Å². The average molecular weight is 227 g/mol. The van der Waals surface area contributed by atoms with Gasteiger partial charge < -0.3 is 15.1 Å². The van der Waals surface area contributed by atoms with Crippen molar-refractivity contribution in [1.29, 1.82) is 0 Å². The quantitative estimate of drug-likeness (QED) is 0.601. The van der Waals surface area contributed by atoms with Gasteiger partial charge in [0.1, 0.15) is 0 Å². The molecule has 0 saturated carbocycles. The fourth-order valence-corrected chi connectivity index (χ4v) is 1.52. The van der Waals surface area contributed by atoms with E-state index in [0.717, 1.165) is 26.2 Å². The van der Waals surface area contributed by atoms with E-state index in [1.807, 2.05) is 0 Å². The van der Waals surface area contributed by atoms with E-state index >= 15 is 0 Å². The van der Waals surface area contributed by atoms with Crippen LogP contribution in [0, 0.1) is 0 Å². The van der Waals surface area contributed by atoms with Crippen LogP contribution in [0.25, 0.3) is 0 Å². The molecule has 0 fully saturated rings. The van der Waals surface area contributed by atoms with Crippen LogP contribution < -0.4 is 5.32 Å². The summed E-state index contributed by atoms with van der Waals surface area (Å²) in [5, 5.41) is 3.39. The van der Waals surface area contributed by atoms with E-state index in [-0.39, 0.29) is 0 Å². The molecule has 1 N–H and O–H groups in total. The summed E-state index contributed by atoms with van der Waals surface area (Å²) in [7, 11) is 6.40. The van der Waals surface area contributed by atoms with E-state index in [1.54, 1.807) is 0 Å². The Morgan fingerprint density at radius 2 is 1.81 bits per heavy atom. The summed E-state index contributed by atoms with van der Waals surface area (Å²) in [5.41, 5.74) is 1.26. The van der Waals surface area contributed by atoms with Gasteiger partial charge in [-0.25, -0.2) is 0 Å². The molecule has 16 heavy (non-hydrogen) atoms. The maximum absolute atomic E-state index is 4.10. The molecule has 0 aromatic heterocycles. The van der Waals surface area contributed by atoms with Crippen LogP contribution in [0.3, 0.4) is 0 Å². The van der Waals surface area contributed by atoms with E-state index in [2.05, 4.69) is 56.7 Å². The summed E-state index contributed by atoms with van der Waals surface area (Å²) in [6, 6.07) is 0.538. The number of hydrogen-bond donors (Lipinski definition) is 1. The van der Waals surface area contributed by atoms with Crippen LogP contribution in [0.1, 0.15) is 20.3 Å². The van der Waals surface area contributed by atoms with Crippen molar-refractivity contribution in [2.75, 3.05) is 47.3 Å². The third-order valence-corrected chi connectivity index (χ3v) is 2.40. The minimum Gasteiger partial charge on any atom is -0.311 e. The molecule has 0 radical (unpaired) electrons. The van der Waals surface area contributed by atoms with Crippen molar-refractivity contribution in [3.05, 3.63) is 12.2 Å². The van der Waals surface area contributed by atoms with Crippen LogP contribution in [0.4, 0.5) is 0 Å². The van der Waals surface area contributed by atoms with Gasteiger partial charge in [-0.05, 0) is 46.2 Å². The van der Waals surface area contributed by atoms with Crippen molar-refractivity contribution in [3.63, 3.8) is 0 Å². The molecule has 0 rings (SSSR count). The zero-order valence-corrected chi connectivity index (χ0v) is 11.7. The number of likely N-dealkylation sites (N-methyl/N-ethyl adjacent to an activating group) is 1. The van der Waals surface area contributed by atoms with Crippen molar-refractivity contribution < 1.29 is 0 Å². The van der Waals surface area contributed by atoms with Gasteiger partial charge in [-0.1, -0.05) is 20.4 Å². The largest absolute Gasteiger partial charge is 0.311 e. The molecule has 0 heterocycles. The molecular formula is C13H29N3. The second-order valence-electron chi connectivity index (χ2n) is 5.18. The van der Waals surface area contributed by atoms with Crippen LogP contribution in [-0.4, -0.2) is 63.2 Å². The molecule has 0 amide bonds. The zero-order valence-electron chi connectivity index (χ0n) is 11.7. The molecule has 0 aliphatic heterocycles. The lowest BCUT2D eigenvalue weighted by atomic mass is 10.2. The Bertz CT molecular complexity index is 188. The fourth-order valence-electron chi connectivity index (χ4n) is 1.52. The molecule has 96 valence electrons. The molecule has 0 unspecified atom stereocenters. The maximum atomic E-state index is 4.10. The summed E-state index contributed by atoms with van der Waals surface area (Å²) < 4.78 is 0. The van der Waals surface area contributed by atoms with Crippen molar-refractivity contribution in [3.8, 4) is 0 Å². The molecule has 0 bridgehead atoms. The van der Waals surface area contributed by atoms with Crippen LogP contribution in [0.15, 0.2) is 12.2 Å². The van der Waals surface area contributed by atoms with Gasteiger partial charge in [0, 0.05) is 19.1 Å². The molecule has 3 heteroatoms. The first-order chi connectivity index (χ1) is 7.41. The molecule has 3 nitrogen and oxygen atoms in total. The molecule has 0 aromatic carbocycles. The summed E-state index contributed by atoms with van der Waals surface area (Å²) in [5.74, 6) is 0. The number of nitrogens with zero attached hydrogens (tertiary/aromatic N) is 2. The fraction of sp³-hybridized carbons (Fsp3) is 0.846. The molecule has 0 spiro atoms. The standard InChI is InChI=1S/C13H29N3/c1-12(2)14-10-13(3)11-16(6)9-7-8-15(4)5/h12,14H,3,7-11H2,1-2,4-6H3. The minimum absolute atomic E-state index is 0.538. The Hall–Kier alpha value is -0.380. The van der Waals surface area contributed by atoms with Crippen molar-refractivity contribution >= 4 is 0 Å². The van der Waals surface area contributed by atoms with Crippen LogP contribution >= 0.6 is 0 Å². The Balaban J connectivity index is 3.54. The van der Waals surface area contributed by atoms with Crippen molar-refractivity contribution in [1.82, 2.24) is 15.1 Å². The smallest absolute Gasteiger partial charge is 0.0199 e. The molecule has 0 aromatic rings. The van der Waals surface area contributed by atoms with Gasteiger partial charge >= 0.3 is 0 Å². The normalized spacial score (nSPS) is 11.8. The highest BCUT2D eigenvalue weighted by Crippen LogP contribution is 1.96. The predicted octanol–water partition coefficient (Wildman–Crippen LogP) is 1.42. The van der Waals surface area contributed by atoms with E-state index in [1.165, 1.54) is 12.0 Å². The summed E-state index contributed by atoms with van der Waals surface area (Å²) >= 11 is 0. The van der Waals surface area contributed by atoms with E-state index in [0.29, 0.717) is 6.04 Å². The van der Waals surface area contributed by atoms with Crippen LogP contribution in [-0.2, 0) is 0 Å². The molecule has 0 aliphatic carbocycles. The van der Waals surface area contributed by atoms with Gasteiger partial charge in [0.05, 0.1) is 0 Å². The van der Waals surface area contributed by atoms with Gasteiger partial charge in [-0.2, -0.15) is 0 Å². The molecule has 0 atom stereocenters. The monoisotopic (exact) mass is 227 g/mol. The van der Waals surface area contributed by atoms with E-state index in [9.17, 15) is 0 Å². The second-order valence-corrected chi connectivity index (χ2v) is 5.18. The highest BCUT2D eigenvalue weighted by Gasteiger charge is 2.02. The van der Waals surface area contributed by atoms with Crippen molar-refractivity contribution in [2.24, 2.45) is 0 Å². The van der Waals surface area contributed by atoms with E-state index < -0.39 is 0 Å². The molecule has 0 aliphatic rings. The maximum Gasteiger partial charge on any atom is 0.0199 e. The van der Waals surface area contributed by atoms with Gasteiger partial charge in [0.25, 0.3) is 0 Å². The Labute approximate surface area is 101 Å². The van der Waals surface area contributed by atoms with Gasteiger partial charge in [0.15, 0.2) is 0 Å². The minimum atomic E-state index is 0.538. The third kappa shape index (κ3) is 10.1. The first-order valence-corrected chi connectivity index (χ1v) is 6.15. The average Bonchev–Trinajstić information content (AvgIpc) is 2.14. The lowest BCUT2D eigenvalue weighted by Crippen LogP contribution is -2.30. The Morgan fingerprint density at radius 3 is 2.31 bits per heavy atom. The molecule has 0 saturated heterocycles. The highest BCUT2D eigenvalue weighted by atomic mass is 15.1. The lowest BCUT2D eigenvalue weighted by molar-refractivity contribution is 0.315. The third-order valence-electron chi connectivity index (χ3n) is 2.40. The SMILES string of the molecule is C=C(CNC(C)C)CN(C)CCCN(C)C. The zero-order chi connectivity index (χ0) is 12.6. The topological polar surface area (TPSA) is 18.5 Å². The van der Waals surface area contributed by atoms with Crippen LogP contribution in [0.2, 0.25) is 0 Å². The van der Waals surface area contributed by atoms with Gasteiger partial charge in [-0.3, -0.25) is 0 Å². The van der Waals surface area contributed by atoms with E-state index in [4.69, 9.17) is 0 Å². The Morgan fingerprint density at radius 1 is 1.19 bits per heavy atom. The summed E-state index contributed by atoms with van der Waals surface area (Å²) in [4.78, 5) is 4.57. The summed E-state index contributed by atoms with van der Waals surface area (Å²) in [6.07, 6.45) is 1.22. The first kappa shape index (κ1) is 15.6. The lowest BCUT2D eigenvalue weighted by Gasteiger charge is -2.20. The predicted molar refractivity (Wildman–Crippen MR) is 72.9 cm³/mol. The highest BCUT2D eigenvalue weighted by molar-refractivity contribution is 4.99. The second kappa shape index (κ2) is 8.74. The molecular weight excluding hydrogens is 198 g/mol. The number of nitrogens with one attached hydrogen (secondary N) is 1.